The van der Waals surface area contributed by atoms with E-state index in [0.717, 1.165) is 23.1 Å². The molecule has 1 unspecified atom stereocenters. The van der Waals surface area contributed by atoms with E-state index in [1.54, 1.807) is 0 Å². The molecule has 0 saturated heterocycles. The second-order valence-corrected chi connectivity index (χ2v) is 9.36. The number of anilines is 4. The maximum absolute atomic E-state index is 9.59. The number of hydrogen-bond acceptors (Lipinski definition) is 2. The molecule has 43 heavy (non-hydrogen) atoms. The summed E-state index contributed by atoms with van der Waals surface area (Å²) in [5.74, 6) is -1.68. The van der Waals surface area contributed by atoms with Gasteiger partial charge in [-0.15, -0.1) is 0 Å². The molecule has 0 saturated carbocycles. The van der Waals surface area contributed by atoms with Crippen molar-refractivity contribution in [2.24, 2.45) is 0 Å². The summed E-state index contributed by atoms with van der Waals surface area (Å²) in [6, 6.07) is -14.9. The Labute approximate surface area is 286 Å². The van der Waals surface area contributed by atoms with Crippen LogP contribution in [0.15, 0.2) is 163 Å². The second-order valence-electron chi connectivity index (χ2n) is 9.36. The van der Waals surface area contributed by atoms with Crippen LogP contribution in [0, 0.1) is 0 Å². The van der Waals surface area contributed by atoms with Gasteiger partial charge in [-0.05, 0) is 92.1 Å². The highest BCUT2D eigenvalue weighted by Crippen LogP contribution is 2.49. The SMILES string of the molecule is [2H]c1cc(N(c2cc3c([2H])c([2H])c([2H])c([2H])c3c([2H])c2[2H])c2c([2H])c([2H])c([2H])c([2H])c2[2H])c(N)cc1-c1c([2H])c([2H])c2c(c1[2H])-c1c([2H])c([2H])c([2H])c([2H])c1C2c1c([2H])c([2H])c([2H])c([2H])c1[2H]. The normalized spacial score (nSPS) is 21.3. The van der Waals surface area contributed by atoms with Gasteiger partial charge in [0.25, 0.3) is 0 Å². The van der Waals surface area contributed by atoms with Crippen molar-refractivity contribution in [1.82, 2.24) is 0 Å². The number of fused-ring (bicyclic) bond motifs is 4. The highest BCUT2D eigenvalue weighted by Gasteiger charge is 2.29. The fourth-order valence-corrected chi connectivity index (χ4v) is 5.05. The molecule has 7 aromatic rings. The Kier molecular flexibility index (Phi) is 2.55. The second kappa shape index (κ2) is 10.3. The van der Waals surface area contributed by atoms with E-state index in [1.165, 1.54) is 0 Å². The Morgan fingerprint density at radius 3 is 2.07 bits per heavy atom. The van der Waals surface area contributed by atoms with Crippen LogP contribution in [0.5, 0.6) is 0 Å². The molecule has 0 heterocycles. The van der Waals surface area contributed by atoms with Crippen LogP contribution in [0.3, 0.4) is 0 Å². The van der Waals surface area contributed by atoms with Crippen LogP contribution < -0.4 is 10.6 Å². The average molecular weight is 575 g/mol. The Morgan fingerprint density at radius 2 is 1.23 bits per heavy atom. The van der Waals surface area contributed by atoms with Crippen LogP contribution in [0.4, 0.5) is 22.7 Å². The standard InChI is InChI=1S/C41H30N2/c42-39-27-32(31-20-23-37-38(26-31)35-17-9-10-18-36(35)41(37)29-12-3-1-4-13-29)21-24-40(39)43(33-15-5-2-6-16-33)34-22-19-28-11-7-8-14-30(28)25-34/h1-27,41H,42H2/i1D,2D,3D,4D,5D,6D,7D,8D,9D,10D,11D,12D,13D,14D,15D,16D,17D,18D,19D,20D,21D,22D,23D,26D. The number of nitrogen functional groups attached to an aromatic ring is 1. The van der Waals surface area contributed by atoms with Crippen molar-refractivity contribution in [3.8, 4) is 22.3 Å². The van der Waals surface area contributed by atoms with E-state index < -0.39 is 179 Å². The topological polar surface area (TPSA) is 29.3 Å². The molecule has 2 heteroatoms. The van der Waals surface area contributed by atoms with Crippen molar-refractivity contribution in [3.05, 3.63) is 180 Å². The smallest absolute Gasteiger partial charge is 0.0691 e. The lowest BCUT2D eigenvalue weighted by molar-refractivity contribution is 1.02. The Balaban J connectivity index is 1.46. The number of nitrogens with zero attached hydrogens (tertiary/aromatic N) is 1. The molecule has 0 amide bonds. The van der Waals surface area contributed by atoms with Gasteiger partial charge in [0.05, 0.1) is 44.3 Å². The van der Waals surface area contributed by atoms with Gasteiger partial charge >= 0.3 is 0 Å². The van der Waals surface area contributed by atoms with Gasteiger partial charge in [0.1, 0.15) is 0 Å². The third-order valence-electron chi connectivity index (χ3n) is 6.93. The molecule has 2 N–H and O–H groups in total. The molecular weight excluding hydrogens is 520 g/mol. The van der Waals surface area contributed by atoms with E-state index in [0.29, 0.717) is 0 Å². The quantitative estimate of drug-likeness (QED) is 0.207. The Bertz CT molecular complexity index is 3380. The summed E-state index contributed by atoms with van der Waals surface area (Å²) >= 11 is 0. The molecule has 1 aliphatic carbocycles. The van der Waals surface area contributed by atoms with Gasteiger partial charge in [0.15, 0.2) is 0 Å². The maximum atomic E-state index is 9.59. The van der Waals surface area contributed by atoms with Crippen molar-refractivity contribution >= 4 is 33.5 Å². The van der Waals surface area contributed by atoms with Crippen LogP contribution in [0.2, 0.25) is 0 Å². The molecule has 204 valence electrons. The largest absolute Gasteiger partial charge is 0.397 e. The summed E-state index contributed by atoms with van der Waals surface area (Å²) in [6.07, 6.45) is 0. The molecule has 0 aromatic heterocycles. The first kappa shape index (κ1) is 10.6. The summed E-state index contributed by atoms with van der Waals surface area (Å²) in [6.45, 7) is 0. The zero-order valence-corrected chi connectivity index (χ0v) is 21.8. The van der Waals surface area contributed by atoms with Crippen molar-refractivity contribution in [2.45, 2.75) is 5.92 Å². The first-order chi connectivity index (χ1) is 31.2. The van der Waals surface area contributed by atoms with Gasteiger partial charge in [-0.3, -0.25) is 0 Å². The van der Waals surface area contributed by atoms with E-state index in [-0.39, 0.29) is 44.3 Å². The van der Waals surface area contributed by atoms with Crippen molar-refractivity contribution in [3.63, 3.8) is 0 Å². The number of nitrogens with two attached hydrogens (primary N) is 1. The van der Waals surface area contributed by atoms with Crippen LogP contribution in [0.1, 0.15) is 55.5 Å². The minimum atomic E-state index is -1.68. The van der Waals surface area contributed by atoms with Crippen LogP contribution in [-0.4, -0.2) is 0 Å². The molecule has 0 fully saturated rings. The molecule has 0 radical (unpaired) electrons. The molecule has 0 aliphatic heterocycles. The van der Waals surface area contributed by atoms with E-state index in [1.807, 2.05) is 0 Å². The summed E-state index contributed by atoms with van der Waals surface area (Å²) in [5, 5.41) is -0.654. The first-order valence-electron chi connectivity index (χ1n) is 24.8. The van der Waals surface area contributed by atoms with Crippen molar-refractivity contribution in [1.29, 1.82) is 0 Å². The lowest BCUT2D eigenvalue weighted by atomic mass is 9.89. The third kappa shape index (κ3) is 4.36. The summed E-state index contributed by atoms with van der Waals surface area (Å²) < 4.78 is 209. The number of para-hydroxylation sites is 1. The average Bonchev–Trinajstić information content (AvgIpc) is 3.65. The predicted molar refractivity (Wildman–Crippen MR) is 181 cm³/mol. The van der Waals surface area contributed by atoms with Crippen LogP contribution in [0.25, 0.3) is 33.0 Å². The summed E-state index contributed by atoms with van der Waals surface area (Å²) in [7, 11) is 0. The van der Waals surface area contributed by atoms with E-state index in [2.05, 4.69) is 0 Å². The lowest BCUT2D eigenvalue weighted by Gasteiger charge is -2.27. The minimum Gasteiger partial charge on any atom is -0.397 e. The fraction of sp³-hybridized carbons (Fsp3) is 0.0244. The van der Waals surface area contributed by atoms with Gasteiger partial charge in [0, 0.05) is 17.3 Å². The van der Waals surface area contributed by atoms with E-state index >= 15 is 0 Å². The molecule has 7 aromatic carbocycles. The van der Waals surface area contributed by atoms with Gasteiger partial charge in [-0.1, -0.05) is 121 Å². The van der Waals surface area contributed by atoms with Gasteiger partial charge < -0.3 is 10.6 Å². The zero-order chi connectivity index (χ0) is 49.6. The van der Waals surface area contributed by atoms with Crippen LogP contribution >= 0.6 is 0 Å². The zero-order valence-electron chi connectivity index (χ0n) is 45.8. The highest BCUT2D eigenvalue weighted by molar-refractivity contribution is 5.92. The van der Waals surface area contributed by atoms with E-state index in [4.69, 9.17) is 33.1 Å². The fourth-order valence-electron chi connectivity index (χ4n) is 5.05. The van der Waals surface area contributed by atoms with Gasteiger partial charge in [-0.2, -0.15) is 0 Å². The monoisotopic (exact) mass is 574 g/mol. The summed E-state index contributed by atoms with van der Waals surface area (Å²) in [5.41, 5.74) is 2.08. The number of rotatable bonds is 5. The molecule has 1 atom stereocenters. The number of hydrogen-bond donors (Lipinski definition) is 1. The van der Waals surface area contributed by atoms with Crippen LogP contribution in [-0.2, 0) is 0 Å². The third-order valence-corrected chi connectivity index (χ3v) is 6.93. The Hall–Kier alpha value is -5.60. The minimum absolute atomic E-state index is 0.292. The van der Waals surface area contributed by atoms with Gasteiger partial charge in [0.2, 0.25) is 0 Å². The van der Waals surface area contributed by atoms with Crippen molar-refractivity contribution in [2.75, 3.05) is 10.6 Å². The molecular formula is C41H30N2. The Morgan fingerprint density at radius 1 is 0.535 bits per heavy atom. The highest BCUT2D eigenvalue weighted by atomic mass is 15.1. The molecule has 0 bridgehead atoms. The van der Waals surface area contributed by atoms with E-state index in [9.17, 15) is 5.48 Å². The number of benzene rings is 7. The lowest BCUT2D eigenvalue weighted by Crippen LogP contribution is -2.12. The predicted octanol–water partition coefficient (Wildman–Crippen LogP) is 10.7. The van der Waals surface area contributed by atoms with Crippen molar-refractivity contribution < 1.29 is 32.9 Å². The first-order valence-corrected chi connectivity index (χ1v) is 12.8. The molecule has 1 aliphatic rings. The van der Waals surface area contributed by atoms with Gasteiger partial charge in [-0.25, -0.2) is 0 Å². The molecule has 8 rings (SSSR count). The molecule has 0 spiro atoms. The summed E-state index contributed by atoms with van der Waals surface area (Å²) in [4.78, 5) is 0.859. The maximum Gasteiger partial charge on any atom is 0.0691 e. The molecule has 2 nitrogen and oxygen atoms in total.